The van der Waals surface area contributed by atoms with Gasteiger partial charge in [0.15, 0.2) is 0 Å². The SMILES string of the molecule is C=Cc1cnc(/N=C/c2cc(C)cc(Br)c2O)n1CCCCCCCCCCCCCCCC. The molecule has 34 heavy (non-hydrogen) atoms. The van der Waals surface area contributed by atoms with Gasteiger partial charge in [-0.3, -0.25) is 0 Å². The third-order valence-corrected chi connectivity index (χ3v) is 6.97. The number of aromatic nitrogens is 2. The van der Waals surface area contributed by atoms with Crippen LogP contribution in [0.25, 0.3) is 6.08 Å². The van der Waals surface area contributed by atoms with Gasteiger partial charge in [-0.2, -0.15) is 0 Å². The predicted molar refractivity (Wildman–Crippen MR) is 150 cm³/mol. The molecule has 188 valence electrons. The molecule has 0 fully saturated rings. The summed E-state index contributed by atoms with van der Waals surface area (Å²) in [6, 6.07) is 3.80. The Labute approximate surface area is 215 Å². The Morgan fingerprint density at radius 2 is 1.50 bits per heavy atom. The van der Waals surface area contributed by atoms with Gasteiger partial charge in [-0.05, 0) is 53.0 Å². The number of nitrogens with zero attached hydrogens (tertiary/aromatic N) is 3. The van der Waals surface area contributed by atoms with Crippen LogP contribution in [-0.4, -0.2) is 20.9 Å². The zero-order chi connectivity index (χ0) is 24.6. The number of phenolic OH excluding ortho intramolecular Hbond substituents is 1. The molecule has 0 saturated heterocycles. The van der Waals surface area contributed by atoms with Gasteiger partial charge in [0.05, 0.1) is 16.4 Å². The first-order valence-electron chi connectivity index (χ1n) is 13.3. The second kappa shape index (κ2) is 16.7. The average Bonchev–Trinajstić information content (AvgIpc) is 3.22. The first-order chi connectivity index (χ1) is 16.6. The number of benzene rings is 1. The van der Waals surface area contributed by atoms with Gasteiger partial charge in [0.1, 0.15) is 5.75 Å². The third kappa shape index (κ3) is 10.2. The highest BCUT2D eigenvalue weighted by atomic mass is 79.9. The van der Waals surface area contributed by atoms with Crippen LogP contribution in [0.15, 0.2) is 34.4 Å². The second-order valence-electron chi connectivity index (χ2n) is 9.38. The number of aromatic hydroxyl groups is 1. The standard InChI is InChI=1S/C29H44BrN3O/c1-4-6-7-8-9-10-11-12-13-14-15-16-17-18-19-33-26(5-2)23-32-29(33)31-22-25-20-24(3)21-27(30)28(25)34/h5,20-23,34H,2,4,6-19H2,1,3H3/b31-22+. The molecule has 1 heterocycles. The maximum atomic E-state index is 10.3. The molecule has 0 unspecified atom stereocenters. The van der Waals surface area contributed by atoms with Crippen molar-refractivity contribution in [1.29, 1.82) is 0 Å². The summed E-state index contributed by atoms with van der Waals surface area (Å²) in [5.74, 6) is 0.852. The van der Waals surface area contributed by atoms with Crippen molar-refractivity contribution < 1.29 is 5.11 Å². The minimum atomic E-state index is 0.198. The summed E-state index contributed by atoms with van der Waals surface area (Å²) < 4.78 is 2.79. The molecule has 0 radical (unpaired) electrons. The van der Waals surface area contributed by atoms with Gasteiger partial charge in [0.25, 0.3) is 0 Å². The van der Waals surface area contributed by atoms with E-state index in [1.54, 1.807) is 6.21 Å². The van der Waals surface area contributed by atoms with Crippen LogP contribution in [0.5, 0.6) is 5.75 Å². The Bertz CT molecular complexity index is 888. The van der Waals surface area contributed by atoms with Gasteiger partial charge in [-0.25, -0.2) is 9.98 Å². The molecule has 4 nitrogen and oxygen atoms in total. The van der Waals surface area contributed by atoms with Crippen LogP contribution in [0.3, 0.4) is 0 Å². The Hall–Kier alpha value is -1.88. The summed E-state index contributed by atoms with van der Waals surface area (Å²) in [4.78, 5) is 9.03. The van der Waals surface area contributed by atoms with E-state index in [0.29, 0.717) is 16.0 Å². The lowest BCUT2D eigenvalue weighted by atomic mass is 10.0. The number of phenols is 1. The van der Waals surface area contributed by atoms with E-state index in [2.05, 4.69) is 44.0 Å². The van der Waals surface area contributed by atoms with Crippen molar-refractivity contribution in [3.63, 3.8) is 0 Å². The molecule has 0 aliphatic heterocycles. The van der Waals surface area contributed by atoms with Crippen molar-refractivity contribution in [2.75, 3.05) is 0 Å². The molecule has 0 saturated carbocycles. The van der Waals surface area contributed by atoms with E-state index >= 15 is 0 Å². The van der Waals surface area contributed by atoms with Gasteiger partial charge in [-0.15, -0.1) is 0 Å². The highest BCUT2D eigenvalue weighted by Crippen LogP contribution is 2.28. The van der Waals surface area contributed by atoms with Crippen molar-refractivity contribution in [2.45, 2.75) is 110 Å². The molecular formula is C29H44BrN3O. The number of imidazole rings is 1. The maximum absolute atomic E-state index is 10.3. The Kier molecular flexibility index (Phi) is 13.9. The zero-order valence-corrected chi connectivity index (χ0v) is 23.0. The van der Waals surface area contributed by atoms with E-state index in [-0.39, 0.29) is 5.75 Å². The molecule has 2 aromatic rings. The van der Waals surface area contributed by atoms with Crippen molar-refractivity contribution in [3.05, 3.63) is 46.2 Å². The molecule has 0 bridgehead atoms. The van der Waals surface area contributed by atoms with Crippen molar-refractivity contribution in [1.82, 2.24) is 9.55 Å². The van der Waals surface area contributed by atoms with Gasteiger partial charge < -0.3 is 9.67 Å². The average molecular weight is 531 g/mol. The van der Waals surface area contributed by atoms with E-state index in [4.69, 9.17) is 0 Å². The molecule has 0 amide bonds. The number of unbranched alkanes of at least 4 members (excludes halogenated alkanes) is 13. The molecule has 0 aliphatic rings. The lowest BCUT2D eigenvalue weighted by Crippen LogP contribution is -2.00. The van der Waals surface area contributed by atoms with Crippen molar-refractivity contribution in [3.8, 4) is 5.75 Å². The summed E-state index contributed by atoms with van der Waals surface area (Å²) in [5.41, 5.74) is 2.72. The van der Waals surface area contributed by atoms with E-state index in [9.17, 15) is 5.11 Å². The second-order valence-corrected chi connectivity index (χ2v) is 10.2. The molecule has 1 aromatic heterocycles. The number of aryl methyl sites for hydroxylation is 1. The molecule has 1 N–H and O–H groups in total. The number of halogens is 1. The molecular weight excluding hydrogens is 486 g/mol. The molecule has 0 spiro atoms. The fourth-order valence-corrected chi connectivity index (χ4v) is 4.92. The van der Waals surface area contributed by atoms with Crippen LogP contribution in [0.4, 0.5) is 5.95 Å². The van der Waals surface area contributed by atoms with Crippen LogP contribution >= 0.6 is 15.9 Å². The van der Waals surface area contributed by atoms with E-state index < -0.39 is 0 Å². The fraction of sp³-hybridized carbons (Fsp3) is 0.586. The molecule has 0 aliphatic carbocycles. The van der Waals surface area contributed by atoms with Crippen LogP contribution in [0.2, 0.25) is 0 Å². The minimum absolute atomic E-state index is 0.198. The minimum Gasteiger partial charge on any atom is -0.506 e. The lowest BCUT2D eigenvalue weighted by Gasteiger charge is -2.08. The number of hydrogen-bond acceptors (Lipinski definition) is 3. The highest BCUT2D eigenvalue weighted by Gasteiger charge is 2.08. The predicted octanol–water partition coefficient (Wildman–Crippen LogP) is 9.53. The summed E-state index contributed by atoms with van der Waals surface area (Å²) in [6.07, 6.45) is 24.3. The van der Waals surface area contributed by atoms with Gasteiger partial charge in [0.2, 0.25) is 5.95 Å². The molecule has 2 rings (SSSR count). The van der Waals surface area contributed by atoms with Gasteiger partial charge in [0, 0.05) is 18.3 Å². The fourth-order valence-electron chi connectivity index (χ4n) is 4.33. The smallest absolute Gasteiger partial charge is 0.229 e. The lowest BCUT2D eigenvalue weighted by molar-refractivity contribution is 0.471. The first kappa shape index (κ1) is 28.4. The van der Waals surface area contributed by atoms with Gasteiger partial charge in [-0.1, -0.05) is 97.0 Å². The Morgan fingerprint density at radius 1 is 0.941 bits per heavy atom. The van der Waals surface area contributed by atoms with Crippen LogP contribution in [0, 0.1) is 6.92 Å². The molecule has 5 heteroatoms. The highest BCUT2D eigenvalue weighted by molar-refractivity contribution is 9.10. The van der Waals surface area contributed by atoms with Crippen LogP contribution in [0.1, 0.15) is 114 Å². The van der Waals surface area contributed by atoms with Gasteiger partial charge >= 0.3 is 0 Å². The summed E-state index contributed by atoms with van der Waals surface area (Å²) in [5, 5.41) is 10.3. The zero-order valence-electron chi connectivity index (χ0n) is 21.4. The van der Waals surface area contributed by atoms with Crippen molar-refractivity contribution >= 4 is 34.2 Å². The first-order valence-corrected chi connectivity index (χ1v) is 14.1. The molecule has 0 atom stereocenters. The normalized spacial score (nSPS) is 11.5. The van der Waals surface area contributed by atoms with Crippen LogP contribution < -0.4 is 0 Å². The number of rotatable bonds is 18. The number of aliphatic imine (C=N–C) groups is 1. The largest absolute Gasteiger partial charge is 0.506 e. The molecule has 1 aromatic carbocycles. The van der Waals surface area contributed by atoms with E-state index in [0.717, 1.165) is 24.2 Å². The topological polar surface area (TPSA) is 50.4 Å². The summed E-state index contributed by atoms with van der Waals surface area (Å²) in [6.45, 7) is 9.08. The Morgan fingerprint density at radius 3 is 2.06 bits per heavy atom. The Balaban J connectivity index is 1.68. The van der Waals surface area contributed by atoms with Crippen molar-refractivity contribution in [2.24, 2.45) is 4.99 Å². The quantitative estimate of drug-likeness (QED) is 0.154. The van der Waals surface area contributed by atoms with Crippen LogP contribution in [-0.2, 0) is 6.54 Å². The van der Waals surface area contributed by atoms with E-state index in [1.807, 2.05) is 31.3 Å². The maximum Gasteiger partial charge on any atom is 0.229 e. The third-order valence-electron chi connectivity index (χ3n) is 6.37. The summed E-state index contributed by atoms with van der Waals surface area (Å²) >= 11 is 3.39. The summed E-state index contributed by atoms with van der Waals surface area (Å²) in [7, 11) is 0. The number of hydrogen-bond donors (Lipinski definition) is 1. The van der Waals surface area contributed by atoms with E-state index in [1.165, 1.54) is 83.5 Å². The monoisotopic (exact) mass is 529 g/mol.